The molecule has 0 unspecified atom stereocenters. The molecule has 0 aliphatic heterocycles. The maximum atomic E-state index is 10.5. The smallest absolute Gasteiger partial charge is 0.303 e. The molecule has 1 aromatic heterocycles. The van der Waals surface area contributed by atoms with Crippen molar-refractivity contribution in [3.8, 4) is 5.75 Å². The van der Waals surface area contributed by atoms with Crippen molar-refractivity contribution >= 4 is 23.0 Å². The number of carboxylic acid groups (broad SMARTS) is 1. The van der Waals surface area contributed by atoms with Crippen molar-refractivity contribution < 1.29 is 19.5 Å². The largest absolute Gasteiger partial charge is 0.496 e. The number of carboxylic acids is 1. The first kappa shape index (κ1) is 16.0. The Balaban J connectivity index is 2.19. The van der Waals surface area contributed by atoms with E-state index >= 15 is 0 Å². The first-order chi connectivity index (χ1) is 10.7. The van der Waals surface area contributed by atoms with E-state index in [0.717, 1.165) is 10.4 Å². The Bertz CT molecular complexity index is 637. The van der Waals surface area contributed by atoms with Crippen LogP contribution in [0.4, 0.5) is 0 Å². The molecule has 2 rings (SSSR count). The summed E-state index contributed by atoms with van der Waals surface area (Å²) in [6.45, 7) is 0.260. The molecule has 0 saturated heterocycles. The van der Waals surface area contributed by atoms with Crippen molar-refractivity contribution in [3.63, 3.8) is 0 Å². The van der Waals surface area contributed by atoms with Crippen LogP contribution in [0.3, 0.4) is 0 Å². The molecule has 0 aliphatic carbocycles. The molecule has 6 heteroatoms. The van der Waals surface area contributed by atoms with E-state index in [2.05, 4.69) is 5.16 Å². The number of carbonyl (C=O) groups is 1. The molecule has 2 aromatic rings. The summed E-state index contributed by atoms with van der Waals surface area (Å²) >= 11 is 1.55. The van der Waals surface area contributed by atoms with Crippen molar-refractivity contribution in [2.75, 3.05) is 13.7 Å². The molecule has 1 aromatic carbocycles. The summed E-state index contributed by atoms with van der Waals surface area (Å²) in [6.07, 6.45) is 0.487. The molecule has 0 saturated carbocycles. The summed E-state index contributed by atoms with van der Waals surface area (Å²) in [4.78, 5) is 16.7. The fraction of sp³-hybridized carbons (Fsp3) is 0.250. The SMILES string of the molecule is COc1ccccc1/C(=N\OCCCC(=O)O)c1cccs1. The van der Waals surface area contributed by atoms with Crippen molar-refractivity contribution in [1.82, 2.24) is 0 Å². The van der Waals surface area contributed by atoms with Crippen molar-refractivity contribution in [2.45, 2.75) is 12.8 Å². The van der Waals surface area contributed by atoms with Gasteiger partial charge in [0.15, 0.2) is 0 Å². The van der Waals surface area contributed by atoms with Crippen LogP contribution < -0.4 is 4.74 Å². The fourth-order valence-electron chi connectivity index (χ4n) is 1.88. The summed E-state index contributed by atoms with van der Waals surface area (Å²) in [6, 6.07) is 11.5. The van der Waals surface area contributed by atoms with Crippen LogP contribution in [0.1, 0.15) is 23.3 Å². The maximum absolute atomic E-state index is 10.5. The molecule has 0 bridgehead atoms. The van der Waals surface area contributed by atoms with Gasteiger partial charge in [-0.1, -0.05) is 23.4 Å². The standard InChI is InChI=1S/C16H17NO4S/c1-20-13-7-3-2-6-12(13)16(14-8-5-11-22-14)17-21-10-4-9-15(18)19/h2-3,5-8,11H,4,9-10H2,1H3,(H,18,19)/b17-16+. The predicted molar refractivity (Wildman–Crippen MR) is 85.8 cm³/mol. The van der Waals surface area contributed by atoms with Gasteiger partial charge in [-0.05, 0) is 30.0 Å². The first-order valence-electron chi connectivity index (χ1n) is 6.81. The van der Waals surface area contributed by atoms with Gasteiger partial charge in [-0.2, -0.15) is 0 Å². The monoisotopic (exact) mass is 319 g/mol. The van der Waals surface area contributed by atoms with Gasteiger partial charge < -0.3 is 14.7 Å². The molecule has 1 N–H and O–H groups in total. The quantitative estimate of drug-likeness (QED) is 0.460. The van der Waals surface area contributed by atoms with E-state index in [4.69, 9.17) is 14.7 Å². The minimum absolute atomic E-state index is 0.0680. The summed E-state index contributed by atoms with van der Waals surface area (Å²) in [5.74, 6) is -0.125. The Labute approximate surface area is 132 Å². The molecule has 0 spiro atoms. The normalized spacial score (nSPS) is 11.2. The van der Waals surface area contributed by atoms with Gasteiger partial charge >= 0.3 is 5.97 Å². The lowest BCUT2D eigenvalue weighted by molar-refractivity contribution is -0.137. The Morgan fingerprint density at radius 2 is 2.09 bits per heavy atom. The average Bonchev–Trinajstić information content (AvgIpc) is 3.04. The molecule has 0 radical (unpaired) electrons. The van der Waals surface area contributed by atoms with E-state index in [1.807, 2.05) is 41.8 Å². The minimum Gasteiger partial charge on any atom is -0.496 e. The highest BCUT2D eigenvalue weighted by Gasteiger charge is 2.14. The van der Waals surface area contributed by atoms with Gasteiger partial charge in [0.05, 0.1) is 12.0 Å². The zero-order valence-electron chi connectivity index (χ0n) is 12.2. The van der Waals surface area contributed by atoms with Gasteiger partial charge in [0, 0.05) is 12.0 Å². The molecular formula is C16H17NO4S. The topological polar surface area (TPSA) is 68.1 Å². The minimum atomic E-state index is -0.837. The third-order valence-electron chi connectivity index (χ3n) is 2.90. The zero-order valence-corrected chi connectivity index (χ0v) is 13.0. The Morgan fingerprint density at radius 3 is 2.77 bits per heavy atom. The molecule has 5 nitrogen and oxygen atoms in total. The summed E-state index contributed by atoms with van der Waals surface area (Å²) in [5, 5.41) is 14.8. The lowest BCUT2D eigenvalue weighted by atomic mass is 10.1. The maximum Gasteiger partial charge on any atom is 0.303 e. The van der Waals surface area contributed by atoms with E-state index in [-0.39, 0.29) is 13.0 Å². The van der Waals surface area contributed by atoms with Crippen LogP contribution in [0.2, 0.25) is 0 Å². The third-order valence-corrected chi connectivity index (χ3v) is 3.78. The van der Waals surface area contributed by atoms with Gasteiger partial charge in [0.25, 0.3) is 0 Å². The van der Waals surface area contributed by atoms with Gasteiger partial charge in [-0.15, -0.1) is 11.3 Å². The molecule has 0 fully saturated rings. The van der Waals surface area contributed by atoms with E-state index in [1.54, 1.807) is 18.4 Å². The number of thiophene rings is 1. The van der Waals surface area contributed by atoms with Crippen LogP contribution >= 0.6 is 11.3 Å². The lowest BCUT2D eigenvalue weighted by Crippen LogP contribution is -2.06. The van der Waals surface area contributed by atoms with E-state index in [1.165, 1.54) is 0 Å². The molecule has 1 heterocycles. The number of para-hydroxylation sites is 1. The molecular weight excluding hydrogens is 302 g/mol. The van der Waals surface area contributed by atoms with Crippen LogP contribution in [0.25, 0.3) is 0 Å². The second-order valence-electron chi connectivity index (χ2n) is 4.45. The molecule has 116 valence electrons. The van der Waals surface area contributed by atoms with Crippen LogP contribution in [-0.2, 0) is 9.63 Å². The van der Waals surface area contributed by atoms with Gasteiger partial charge in [-0.3, -0.25) is 4.79 Å². The Hall–Kier alpha value is -2.34. The van der Waals surface area contributed by atoms with Crippen LogP contribution in [0, 0.1) is 0 Å². The third kappa shape index (κ3) is 4.33. The highest BCUT2D eigenvalue weighted by molar-refractivity contribution is 7.12. The number of methoxy groups -OCH3 is 1. The van der Waals surface area contributed by atoms with Gasteiger partial charge in [0.1, 0.15) is 18.1 Å². The number of hydrogen-bond donors (Lipinski definition) is 1. The van der Waals surface area contributed by atoms with E-state index in [0.29, 0.717) is 17.9 Å². The summed E-state index contributed by atoms with van der Waals surface area (Å²) in [7, 11) is 1.61. The Kier molecular flexibility index (Phi) is 5.97. The van der Waals surface area contributed by atoms with Gasteiger partial charge in [0.2, 0.25) is 0 Å². The van der Waals surface area contributed by atoms with Gasteiger partial charge in [-0.25, -0.2) is 0 Å². The number of ether oxygens (including phenoxy) is 1. The number of nitrogens with zero attached hydrogens (tertiary/aromatic N) is 1. The predicted octanol–water partition coefficient (Wildman–Crippen LogP) is 3.39. The second-order valence-corrected chi connectivity index (χ2v) is 5.40. The summed E-state index contributed by atoms with van der Waals surface area (Å²) < 4.78 is 5.37. The molecule has 22 heavy (non-hydrogen) atoms. The summed E-state index contributed by atoms with van der Waals surface area (Å²) in [5.41, 5.74) is 1.52. The van der Waals surface area contributed by atoms with Crippen LogP contribution in [0.5, 0.6) is 5.75 Å². The molecule has 0 aliphatic rings. The number of hydrogen-bond acceptors (Lipinski definition) is 5. The van der Waals surface area contributed by atoms with Crippen molar-refractivity contribution in [1.29, 1.82) is 0 Å². The highest BCUT2D eigenvalue weighted by Crippen LogP contribution is 2.24. The number of aliphatic carboxylic acids is 1. The number of rotatable bonds is 8. The van der Waals surface area contributed by atoms with E-state index in [9.17, 15) is 4.79 Å². The highest BCUT2D eigenvalue weighted by atomic mass is 32.1. The molecule has 0 atom stereocenters. The number of benzene rings is 1. The van der Waals surface area contributed by atoms with Crippen molar-refractivity contribution in [3.05, 3.63) is 52.2 Å². The Morgan fingerprint density at radius 1 is 1.27 bits per heavy atom. The number of oxime groups is 1. The average molecular weight is 319 g/mol. The van der Waals surface area contributed by atoms with Crippen molar-refractivity contribution in [2.24, 2.45) is 5.16 Å². The van der Waals surface area contributed by atoms with Crippen LogP contribution in [0.15, 0.2) is 46.9 Å². The zero-order chi connectivity index (χ0) is 15.8. The first-order valence-corrected chi connectivity index (χ1v) is 7.69. The van der Waals surface area contributed by atoms with Crippen LogP contribution in [-0.4, -0.2) is 30.5 Å². The second kappa shape index (κ2) is 8.19. The molecule has 0 amide bonds. The lowest BCUT2D eigenvalue weighted by Gasteiger charge is -2.09. The fourth-order valence-corrected chi connectivity index (χ4v) is 2.60. The van der Waals surface area contributed by atoms with E-state index < -0.39 is 5.97 Å².